The van der Waals surface area contributed by atoms with Crippen LogP contribution < -0.4 is 11.3 Å². The molecule has 2 aromatic rings. The topological polar surface area (TPSA) is 60.2 Å². The van der Waals surface area contributed by atoms with Crippen molar-refractivity contribution in [2.45, 2.75) is 18.9 Å². The molecule has 0 amide bonds. The molecule has 96 valence electrons. The normalized spacial score (nSPS) is 12.8. The fraction of sp³-hybridized carbons (Fsp3) is 0.357. The summed E-state index contributed by atoms with van der Waals surface area (Å²) >= 11 is 0. The predicted octanol–water partition coefficient (Wildman–Crippen LogP) is 1.65. The van der Waals surface area contributed by atoms with Crippen LogP contribution in [-0.2, 0) is 11.2 Å². The van der Waals surface area contributed by atoms with E-state index < -0.39 is 0 Å². The number of aromatic nitrogens is 1. The van der Waals surface area contributed by atoms with Gasteiger partial charge in [-0.3, -0.25) is 16.3 Å². The van der Waals surface area contributed by atoms with Crippen molar-refractivity contribution < 1.29 is 4.74 Å². The van der Waals surface area contributed by atoms with E-state index in [1.165, 1.54) is 0 Å². The molecule has 1 aromatic carbocycles. The Kier molecular flexibility index (Phi) is 4.64. The van der Waals surface area contributed by atoms with E-state index in [9.17, 15) is 0 Å². The van der Waals surface area contributed by atoms with E-state index >= 15 is 0 Å². The Labute approximate surface area is 107 Å². The number of para-hydroxylation sites is 1. The molecule has 1 atom stereocenters. The zero-order valence-electron chi connectivity index (χ0n) is 10.6. The van der Waals surface area contributed by atoms with Crippen LogP contribution in [0.4, 0.5) is 0 Å². The van der Waals surface area contributed by atoms with Crippen molar-refractivity contribution >= 4 is 10.9 Å². The Morgan fingerprint density at radius 3 is 2.89 bits per heavy atom. The van der Waals surface area contributed by atoms with Gasteiger partial charge in [-0.2, -0.15) is 0 Å². The van der Waals surface area contributed by atoms with Gasteiger partial charge < -0.3 is 4.74 Å². The smallest absolute Gasteiger partial charge is 0.0705 e. The summed E-state index contributed by atoms with van der Waals surface area (Å²) in [6.45, 7) is 0.697. The van der Waals surface area contributed by atoms with E-state index in [0.29, 0.717) is 6.61 Å². The lowest BCUT2D eigenvalue weighted by Gasteiger charge is -2.15. The Morgan fingerprint density at radius 1 is 1.28 bits per heavy atom. The van der Waals surface area contributed by atoms with Crippen LogP contribution in [0.3, 0.4) is 0 Å². The summed E-state index contributed by atoms with van der Waals surface area (Å²) < 4.78 is 5.07. The molecule has 2 rings (SSSR count). The van der Waals surface area contributed by atoms with E-state index in [1.807, 2.05) is 18.2 Å². The predicted molar refractivity (Wildman–Crippen MR) is 73.1 cm³/mol. The van der Waals surface area contributed by atoms with Gasteiger partial charge in [0.1, 0.15) is 0 Å². The van der Waals surface area contributed by atoms with E-state index in [0.717, 1.165) is 29.4 Å². The van der Waals surface area contributed by atoms with Gasteiger partial charge in [-0.25, -0.2) is 0 Å². The second-order valence-electron chi connectivity index (χ2n) is 4.34. The molecule has 1 heterocycles. The molecule has 4 nitrogen and oxygen atoms in total. The van der Waals surface area contributed by atoms with Gasteiger partial charge in [0, 0.05) is 37.3 Å². The average Bonchev–Trinajstić information content (AvgIpc) is 2.43. The first kappa shape index (κ1) is 13.0. The summed E-state index contributed by atoms with van der Waals surface area (Å²) in [4.78, 5) is 4.63. The molecular formula is C14H19N3O. The van der Waals surface area contributed by atoms with Crippen molar-refractivity contribution in [3.8, 4) is 0 Å². The Bertz CT molecular complexity index is 501. The first-order valence-corrected chi connectivity index (χ1v) is 6.13. The van der Waals surface area contributed by atoms with Gasteiger partial charge in [0.15, 0.2) is 0 Å². The number of fused-ring (bicyclic) bond motifs is 1. The number of hydrogen-bond donors (Lipinski definition) is 2. The summed E-state index contributed by atoms with van der Waals surface area (Å²) in [5, 5.41) is 1.16. The van der Waals surface area contributed by atoms with Gasteiger partial charge >= 0.3 is 0 Å². The third-order valence-corrected chi connectivity index (χ3v) is 3.02. The molecule has 0 aliphatic carbocycles. The molecule has 0 radical (unpaired) electrons. The number of rotatable bonds is 6. The SMILES string of the molecule is COCCC(Cc1ccc2ccccc2n1)NN. The Morgan fingerprint density at radius 2 is 2.11 bits per heavy atom. The minimum absolute atomic E-state index is 0.193. The molecular weight excluding hydrogens is 226 g/mol. The molecule has 0 saturated carbocycles. The molecule has 0 fully saturated rings. The third kappa shape index (κ3) is 3.26. The lowest BCUT2D eigenvalue weighted by molar-refractivity contribution is 0.182. The highest BCUT2D eigenvalue weighted by atomic mass is 16.5. The van der Waals surface area contributed by atoms with E-state index in [2.05, 4.69) is 28.6 Å². The highest BCUT2D eigenvalue weighted by molar-refractivity contribution is 5.78. The zero-order valence-corrected chi connectivity index (χ0v) is 10.6. The molecule has 0 saturated heterocycles. The van der Waals surface area contributed by atoms with Crippen LogP contribution in [0.1, 0.15) is 12.1 Å². The van der Waals surface area contributed by atoms with Crippen LogP contribution >= 0.6 is 0 Å². The van der Waals surface area contributed by atoms with Crippen molar-refractivity contribution in [3.05, 3.63) is 42.1 Å². The third-order valence-electron chi connectivity index (χ3n) is 3.02. The lowest BCUT2D eigenvalue weighted by atomic mass is 10.1. The van der Waals surface area contributed by atoms with Crippen molar-refractivity contribution in [1.29, 1.82) is 0 Å². The lowest BCUT2D eigenvalue weighted by Crippen LogP contribution is -2.37. The van der Waals surface area contributed by atoms with Gasteiger partial charge in [-0.1, -0.05) is 24.3 Å². The standard InChI is InChI=1S/C14H19N3O/c1-18-9-8-13(17-15)10-12-7-6-11-4-2-3-5-14(11)16-12/h2-7,13,17H,8-10,15H2,1H3. The monoisotopic (exact) mass is 245 g/mol. The molecule has 0 bridgehead atoms. The summed E-state index contributed by atoms with van der Waals surface area (Å²) in [7, 11) is 1.70. The molecule has 0 aliphatic heterocycles. The number of ether oxygens (including phenoxy) is 1. The highest BCUT2D eigenvalue weighted by Crippen LogP contribution is 2.13. The Balaban J connectivity index is 2.10. The van der Waals surface area contributed by atoms with E-state index in [4.69, 9.17) is 10.6 Å². The van der Waals surface area contributed by atoms with E-state index in [1.54, 1.807) is 7.11 Å². The zero-order chi connectivity index (χ0) is 12.8. The number of nitrogens with one attached hydrogen (secondary N) is 1. The van der Waals surface area contributed by atoms with Gasteiger partial charge in [0.05, 0.1) is 5.52 Å². The van der Waals surface area contributed by atoms with Crippen molar-refractivity contribution in [3.63, 3.8) is 0 Å². The molecule has 18 heavy (non-hydrogen) atoms. The molecule has 1 unspecified atom stereocenters. The maximum Gasteiger partial charge on any atom is 0.0705 e. The van der Waals surface area contributed by atoms with Crippen molar-refractivity contribution in [2.24, 2.45) is 5.84 Å². The summed E-state index contributed by atoms with van der Waals surface area (Å²) in [5.74, 6) is 5.54. The fourth-order valence-electron chi connectivity index (χ4n) is 1.98. The largest absolute Gasteiger partial charge is 0.385 e. The number of pyridine rings is 1. The van der Waals surface area contributed by atoms with Crippen LogP contribution in [0.25, 0.3) is 10.9 Å². The van der Waals surface area contributed by atoms with Crippen LogP contribution in [0.2, 0.25) is 0 Å². The summed E-state index contributed by atoms with van der Waals surface area (Å²) in [6.07, 6.45) is 1.69. The number of benzene rings is 1. The van der Waals surface area contributed by atoms with Gasteiger partial charge in [0.25, 0.3) is 0 Å². The summed E-state index contributed by atoms with van der Waals surface area (Å²) in [5.41, 5.74) is 4.89. The van der Waals surface area contributed by atoms with Crippen LogP contribution in [-0.4, -0.2) is 24.7 Å². The fourth-order valence-corrected chi connectivity index (χ4v) is 1.98. The quantitative estimate of drug-likeness (QED) is 0.600. The maximum absolute atomic E-state index is 5.54. The van der Waals surface area contributed by atoms with E-state index in [-0.39, 0.29) is 6.04 Å². The molecule has 0 aliphatic rings. The molecule has 1 aromatic heterocycles. The Hall–Kier alpha value is -1.49. The second-order valence-corrected chi connectivity index (χ2v) is 4.34. The van der Waals surface area contributed by atoms with Crippen LogP contribution in [0.15, 0.2) is 36.4 Å². The minimum atomic E-state index is 0.193. The van der Waals surface area contributed by atoms with Gasteiger partial charge in [-0.05, 0) is 18.6 Å². The van der Waals surface area contributed by atoms with Crippen molar-refractivity contribution in [1.82, 2.24) is 10.4 Å². The average molecular weight is 245 g/mol. The number of hydrazine groups is 1. The van der Waals surface area contributed by atoms with Gasteiger partial charge in [0.2, 0.25) is 0 Å². The number of nitrogens with two attached hydrogens (primary N) is 1. The number of methoxy groups -OCH3 is 1. The maximum atomic E-state index is 5.54. The number of hydrogen-bond acceptors (Lipinski definition) is 4. The first-order chi connectivity index (χ1) is 8.83. The molecule has 0 spiro atoms. The molecule has 3 N–H and O–H groups in total. The molecule has 4 heteroatoms. The van der Waals surface area contributed by atoms with Crippen LogP contribution in [0, 0.1) is 0 Å². The summed E-state index contributed by atoms with van der Waals surface area (Å²) in [6, 6.07) is 12.5. The van der Waals surface area contributed by atoms with Crippen LogP contribution in [0.5, 0.6) is 0 Å². The van der Waals surface area contributed by atoms with Gasteiger partial charge in [-0.15, -0.1) is 0 Å². The minimum Gasteiger partial charge on any atom is -0.385 e. The first-order valence-electron chi connectivity index (χ1n) is 6.13. The number of nitrogens with zero attached hydrogens (tertiary/aromatic N) is 1. The second kappa shape index (κ2) is 6.44. The van der Waals surface area contributed by atoms with Crippen molar-refractivity contribution in [2.75, 3.05) is 13.7 Å². The highest BCUT2D eigenvalue weighted by Gasteiger charge is 2.08.